The third-order valence-corrected chi connectivity index (χ3v) is 4.30. The van der Waals surface area contributed by atoms with Crippen LogP contribution in [-0.4, -0.2) is 31.3 Å². The van der Waals surface area contributed by atoms with Gasteiger partial charge in [-0.15, -0.1) is 0 Å². The van der Waals surface area contributed by atoms with E-state index in [-0.39, 0.29) is 24.3 Å². The highest BCUT2D eigenvalue weighted by Crippen LogP contribution is 2.18. The molecule has 2 heterocycles. The van der Waals surface area contributed by atoms with Crippen molar-refractivity contribution in [3.05, 3.63) is 57.2 Å². The normalized spacial score (nSPS) is 12.3. The number of benzene rings is 1. The van der Waals surface area contributed by atoms with E-state index in [1.807, 2.05) is 0 Å². The molecule has 0 saturated carbocycles. The van der Waals surface area contributed by atoms with E-state index < -0.39 is 29.1 Å². The molecule has 0 aliphatic rings. The van der Waals surface area contributed by atoms with Crippen molar-refractivity contribution in [3.8, 4) is 5.69 Å². The van der Waals surface area contributed by atoms with E-state index in [2.05, 4.69) is 4.98 Å². The van der Waals surface area contributed by atoms with Crippen LogP contribution in [0.4, 0.5) is 4.39 Å². The Bertz CT molecular complexity index is 1110. The quantitative estimate of drug-likeness (QED) is 0.634. The first-order valence-corrected chi connectivity index (χ1v) is 8.55. The number of hydrogen-bond acceptors (Lipinski definition) is 5. The summed E-state index contributed by atoms with van der Waals surface area (Å²) in [6.45, 7) is 5.28. The molecule has 0 spiro atoms. The Hall–Kier alpha value is -3.23. The molecule has 0 saturated heterocycles. The zero-order valence-electron chi connectivity index (χ0n) is 15.2. The van der Waals surface area contributed by atoms with Gasteiger partial charge in [-0.05, 0) is 45.0 Å². The molecule has 9 heteroatoms. The summed E-state index contributed by atoms with van der Waals surface area (Å²) in [7, 11) is 0. The highest BCUT2D eigenvalue weighted by molar-refractivity contribution is 5.79. The summed E-state index contributed by atoms with van der Waals surface area (Å²) in [5.41, 5.74) is -0.582. The van der Waals surface area contributed by atoms with Gasteiger partial charge in [-0.25, -0.2) is 23.5 Å². The number of fused-ring (bicyclic) bond motifs is 1. The van der Waals surface area contributed by atoms with Crippen LogP contribution in [0.25, 0.3) is 16.9 Å². The van der Waals surface area contributed by atoms with Crippen LogP contribution >= 0.6 is 0 Å². The summed E-state index contributed by atoms with van der Waals surface area (Å²) >= 11 is 0. The first kappa shape index (κ1) is 18.6. The number of aromatic nitrogens is 4. The van der Waals surface area contributed by atoms with Crippen LogP contribution in [0.3, 0.4) is 0 Å². The SMILES string of the molecule is CCOC(=O)[C@@H](C)n1cnc2c1c(=O)n(CC)c(=O)n2-c1ccc(F)cc1. The van der Waals surface area contributed by atoms with Crippen LogP contribution in [0.15, 0.2) is 40.2 Å². The van der Waals surface area contributed by atoms with Gasteiger partial charge in [-0.2, -0.15) is 0 Å². The van der Waals surface area contributed by atoms with Crippen molar-refractivity contribution >= 4 is 17.1 Å². The Kier molecular flexibility index (Phi) is 4.93. The van der Waals surface area contributed by atoms with Crippen LogP contribution in [-0.2, 0) is 16.1 Å². The summed E-state index contributed by atoms with van der Waals surface area (Å²) in [6, 6.07) is 4.48. The van der Waals surface area contributed by atoms with E-state index in [9.17, 15) is 18.8 Å². The van der Waals surface area contributed by atoms with Crippen LogP contribution in [0.2, 0.25) is 0 Å². The summed E-state index contributed by atoms with van der Waals surface area (Å²) in [4.78, 5) is 42.0. The molecule has 2 aromatic heterocycles. The fourth-order valence-corrected chi connectivity index (χ4v) is 2.92. The number of carbonyl (C=O) groups is 1. The molecule has 1 atom stereocenters. The number of esters is 1. The molecule has 0 fully saturated rings. The molecule has 3 rings (SSSR count). The summed E-state index contributed by atoms with van der Waals surface area (Å²) in [5.74, 6) is -0.966. The lowest BCUT2D eigenvalue weighted by Crippen LogP contribution is -2.40. The topological polar surface area (TPSA) is 88.1 Å². The number of halogens is 1. The monoisotopic (exact) mass is 374 g/mol. The molecular formula is C18H19FN4O4. The maximum absolute atomic E-state index is 13.3. The molecule has 0 aliphatic carbocycles. The van der Waals surface area contributed by atoms with Gasteiger partial charge in [0.2, 0.25) is 0 Å². The van der Waals surface area contributed by atoms with E-state index in [1.165, 1.54) is 39.7 Å². The fourth-order valence-electron chi connectivity index (χ4n) is 2.92. The number of imidazole rings is 1. The smallest absolute Gasteiger partial charge is 0.337 e. The van der Waals surface area contributed by atoms with Crippen LogP contribution in [0.5, 0.6) is 0 Å². The Morgan fingerprint density at radius 3 is 2.48 bits per heavy atom. The molecule has 0 aliphatic heterocycles. The summed E-state index contributed by atoms with van der Waals surface area (Å²) in [6.07, 6.45) is 1.33. The van der Waals surface area contributed by atoms with Crippen molar-refractivity contribution in [2.75, 3.05) is 6.61 Å². The van der Waals surface area contributed by atoms with E-state index >= 15 is 0 Å². The molecule has 0 unspecified atom stereocenters. The lowest BCUT2D eigenvalue weighted by molar-refractivity contribution is -0.146. The third kappa shape index (κ3) is 3.05. The van der Waals surface area contributed by atoms with Gasteiger partial charge in [0, 0.05) is 6.54 Å². The van der Waals surface area contributed by atoms with Gasteiger partial charge in [0.1, 0.15) is 11.9 Å². The van der Waals surface area contributed by atoms with E-state index in [4.69, 9.17) is 4.74 Å². The third-order valence-electron chi connectivity index (χ3n) is 4.30. The molecule has 1 aromatic carbocycles. The highest BCUT2D eigenvalue weighted by atomic mass is 19.1. The molecule has 0 amide bonds. The van der Waals surface area contributed by atoms with Crippen LogP contribution in [0, 0.1) is 5.82 Å². The second-order valence-electron chi connectivity index (χ2n) is 5.90. The number of carbonyl (C=O) groups excluding carboxylic acids is 1. The molecule has 0 radical (unpaired) electrons. The van der Waals surface area contributed by atoms with E-state index in [0.717, 1.165) is 4.57 Å². The minimum absolute atomic E-state index is 0.0949. The first-order valence-electron chi connectivity index (χ1n) is 8.55. The van der Waals surface area contributed by atoms with Gasteiger partial charge in [0.15, 0.2) is 11.2 Å². The van der Waals surface area contributed by atoms with Gasteiger partial charge >= 0.3 is 11.7 Å². The molecule has 0 bridgehead atoms. The van der Waals surface area contributed by atoms with Crippen molar-refractivity contribution in [2.24, 2.45) is 0 Å². The minimum Gasteiger partial charge on any atom is -0.464 e. The fraction of sp³-hybridized carbons (Fsp3) is 0.333. The molecule has 27 heavy (non-hydrogen) atoms. The molecule has 142 valence electrons. The summed E-state index contributed by atoms with van der Waals surface area (Å²) < 4.78 is 22.0. The number of nitrogens with zero attached hydrogens (tertiary/aromatic N) is 4. The zero-order valence-corrected chi connectivity index (χ0v) is 15.2. The van der Waals surface area contributed by atoms with Crippen molar-refractivity contribution in [3.63, 3.8) is 0 Å². The Balaban J connectivity index is 2.35. The Labute approximate surface area is 153 Å². The second-order valence-corrected chi connectivity index (χ2v) is 5.90. The predicted molar refractivity (Wildman–Crippen MR) is 96.6 cm³/mol. The second kappa shape index (κ2) is 7.18. The van der Waals surface area contributed by atoms with Gasteiger partial charge in [-0.1, -0.05) is 0 Å². The van der Waals surface area contributed by atoms with Crippen molar-refractivity contribution in [1.29, 1.82) is 0 Å². The van der Waals surface area contributed by atoms with Crippen LogP contribution in [0.1, 0.15) is 26.8 Å². The first-order chi connectivity index (χ1) is 12.9. The van der Waals surface area contributed by atoms with Gasteiger partial charge in [0.05, 0.1) is 18.6 Å². The standard InChI is InChI=1S/C18H19FN4O4/c1-4-21-16(24)14-15(20-10-22(14)11(3)17(25)27-5-2)23(18(21)26)13-8-6-12(19)7-9-13/h6-11H,4-5H2,1-3H3/t11-/m1/s1. The van der Waals surface area contributed by atoms with E-state index in [1.54, 1.807) is 20.8 Å². The van der Waals surface area contributed by atoms with Crippen LogP contribution < -0.4 is 11.2 Å². The average Bonchev–Trinajstić information content (AvgIpc) is 3.08. The zero-order chi connectivity index (χ0) is 19.7. The van der Waals surface area contributed by atoms with Gasteiger partial charge in [-0.3, -0.25) is 9.36 Å². The average molecular weight is 374 g/mol. The number of ether oxygens (including phenoxy) is 1. The van der Waals surface area contributed by atoms with Crippen molar-refractivity contribution < 1.29 is 13.9 Å². The predicted octanol–water partition coefficient (Wildman–Crippen LogP) is 1.63. The molecule has 8 nitrogen and oxygen atoms in total. The number of hydrogen-bond donors (Lipinski definition) is 0. The minimum atomic E-state index is -0.799. The molecule has 0 N–H and O–H groups in total. The van der Waals surface area contributed by atoms with Gasteiger partial charge in [0.25, 0.3) is 5.56 Å². The largest absolute Gasteiger partial charge is 0.464 e. The van der Waals surface area contributed by atoms with Gasteiger partial charge < -0.3 is 9.30 Å². The lowest BCUT2D eigenvalue weighted by Gasteiger charge is -2.14. The number of rotatable bonds is 5. The summed E-state index contributed by atoms with van der Waals surface area (Å²) in [5, 5.41) is 0. The maximum atomic E-state index is 13.3. The lowest BCUT2D eigenvalue weighted by atomic mass is 10.3. The Morgan fingerprint density at radius 2 is 1.89 bits per heavy atom. The van der Waals surface area contributed by atoms with E-state index in [0.29, 0.717) is 5.69 Å². The molecular weight excluding hydrogens is 355 g/mol. The Morgan fingerprint density at radius 1 is 1.22 bits per heavy atom. The van der Waals surface area contributed by atoms with Crippen molar-refractivity contribution in [2.45, 2.75) is 33.4 Å². The highest BCUT2D eigenvalue weighted by Gasteiger charge is 2.24. The molecule has 3 aromatic rings. The van der Waals surface area contributed by atoms with Crippen molar-refractivity contribution in [1.82, 2.24) is 18.7 Å². The maximum Gasteiger partial charge on any atom is 0.337 e.